The molecule has 124 valence electrons. The van der Waals surface area contributed by atoms with Gasteiger partial charge in [-0.3, -0.25) is 4.79 Å². The number of unbranched alkanes of at least 4 members (excludes halogenated alkanes) is 9. The molecule has 1 saturated carbocycles. The molecular weight excluding hydrogens is 260 g/mol. The van der Waals surface area contributed by atoms with Crippen molar-refractivity contribution in [3.8, 4) is 0 Å². The first-order chi connectivity index (χ1) is 10.3. The standard InChI is InChI=1S/C19H36O2/c1-21-19(20)17-11-9-7-5-3-2-4-6-8-10-14-18-15-12-13-16-18/h18H,2-17H2,1H3. The largest absolute Gasteiger partial charge is 0.469 e. The quantitative estimate of drug-likeness (QED) is 0.306. The van der Waals surface area contributed by atoms with Crippen LogP contribution >= 0.6 is 0 Å². The molecule has 1 rings (SSSR count). The molecule has 2 nitrogen and oxygen atoms in total. The van der Waals surface area contributed by atoms with E-state index in [4.69, 9.17) is 0 Å². The maximum atomic E-state index is 10.9. The van der Waals surface area contributed by atoms with Gasteiger partial charge in [-0.25, -0.2) is 0 Å². The highest BCUT2D eigenvalue weighted by Gasteiger charge is 2.13. The second-order valence-electron chi connectivity index (χ2n) is 6.80. The van der Waals surface area contributed by atoms with Crippen molar-refractivity contribution in [1.29, 1.82) is 0 Å². The van der Waals surface area contributed by atoms with Crippen molar-refractivity contribution in [2.75, 3.05) is 7.11 Å². The average molecular weight is 296 g/mol. The molecule has 1 aliphatic carbocycles. The van der Waals surface area contributed by atoms with Crippen LogP contribution in [0.5, 0.6) is 0 Å². The summed E-state index contributed by atoms with van der Waals surface area (Å²) in [5.74, 6) is 1.02. The van der Waals surface area contributed by atoms with E-state index in [1.807, 2.05) is 0 Å². The third-order valence-corrected chi connectivity index (χ3v) is 4.95. The minimum atomic E-state index is -0.0624. The van der Waals surface area contributed by atoms with Crippen LogP contribution in [0.3, 0.4) is 0 Å². The maximum Gasteiger partial charge on any atom is 0.305 e. The number of methoxy groups -OCH3 is 1. The summed E-state index contributed by atoms with van der Waals surface area (Å²) in [6.07, 6.45) is 21.4. The fourth-order valence-corrected chi connectivity index (χ4v) is 3.52. The van der Waals surface area contributed by atoms with Crippen LogP contribution in [-0.2, 0) is 9.53 Å². The van der Waals surface area contributed by atoms with E-state index in [1.54, 1.807) is 0 Å². The van der Waals surface area contributed by atoms with E-state index in [-0.39, 0.29) is 5.97 Å². The lowest BCUT2D eigenvalue weighted by Gasteiger charge is -2.08. The minimum absolute atomic E-state index is 0.0624. The summed E-state index contributed by atoms with van der Waals surface area (Å²) in [6.45, 7) is 0. The summed E-state index contributed by atoms with van der Waals surface area (Å²) < 4.78 is 4.64. The first-order valence-electron chi connectivity index (χ1n) is 9.39. The number of hydrogen-bond acceptors (Lipinski definition) is 2. The Balaban J connectivity index is 1.69. The second-order valence-corrected chi connectivity index (χ2v) is 6.80. The van der Waals surface area contributed by atoms with Crippen molar-refractivity contribution < 1.29 is 9.53 Å². The van der Waals surface area contributed by atoms with Crippen LogP contribution < -0.4 is 0 Å². The molecule has 0 unspecified atom stereocenters. The molecule has 0 N–H and O–H groups in total. The molecule has 21 heavy (non-hydrogen) atoms. The van der Waals surface area contributed by atoms with Gasteiger partial charge in [0.15, 0.2) is 0 Å². The van der Waals surface area contributed by atoms with Crippen LogP contribution in [0.25, 0.3) is 0 Å². The van der Waals surface area contributed by atoms with E-state index < -0.39 is 0 Å². The highest BCUT2D eigenvalue weighted by Crippen LogP contribution is 2.29. The Labute approximate surface area is 132 Å². The fourth-order valence-electron chi connectivity index (χ4n) is 3.52. The highest BCUT2D eigenvalue weighted by atomic mass is 16.5. The molecule has 0 atom stereocenters. The van der Waals surface area contributed by atoms with Crippen molar-refractivity contribution in [2.24, 2.45) is 5.92 Å². The monoisotopic (exact) mass is 296 g/mol. The number of rotatable bonds is 13. The SMILES string of the molecule is COC(=O)CCCCCCCCCCCCC1CCCC1. The molecule has 1 fully saturated rings. The Bertz CT molecular complexity index is 244. The van der Waals surface area contributed by atoms with E-state index in [1.165, 1.54) is 97.0 Å². The van der Waals surface area contributed by atoms with Crippen molar-refractivity contribution >= 4 is 5.97 Å². The molecule has 0 aromatic carbocycles. The van der Waals surface area contributed by atoms with Crippen LogP contribution in [0.15, 0.2) is 0 Å². The van der Waals surface area contributed by atoms with E-state index in [0.29, 0.717) is 6.42 Å². The Kier molecular flexibility index (Phi) is 11.6. The van der Waals surface area contributed by atoms with Gasteiger partial charge in [0.25, 0.3) is 0 Å². The van der Waals surface area contributed by atoms with Gasteiger partial charge in [0.1, 0.15) is 0 Å². The molecular formula is C19H36O2. The van der Waals surface area contributed by atoms with E-state index in [2.05, 4.69) is 4.74 Å². The third-order valence-electron chi connectivity index (χ3n) is 4.95. The molecule has 0 heterocycles. The normalized spacial score (nSPS) is 15.5. The van der Waals surface area contributed by atoms with Crippen molar-refractivity contribution in [3.05, 3.63) is 0 Å². The molecule has 2 heteroatoms. The van der Waals surface area contributed by atoms with Crippen LogP contribution in [0.4, 0.5) is 0 Å². The smallest absolute Gasteiger partial charge is 0.305 e. The summed E-state index contributed by atoms with van der Waals surface area (Å²) in [6, 6.07) is 0. The van der Waals surface area contributed by atoms with Gasteiger partial charge in [0, 0.05) is 6.42 Å². The highest BCUT2D eigenvalue weighted by molar-refractivity contribution is 5.68. The van der Waals surface area contributed by atoms with E-state index in [9.17, 15) is 4.79 Å². The first-order valence-corrected chi connectivity index (χ1v) is 9.39. The van der Waals surface area contributed by atoms with Gasteiger partial charge in [0.05, 0.1) is 7.11 Å². The maximum absolute atomic E-state index is 10.9. The number of carbonyl (C=O) groups excluding carboxylic acids is 1. The van der Waals surface area contributed by atoms with Gasteiger partial charge in [-0.05, 0) is 12.3 Å². The van der Waals surface area contributed by atoms with Crippen LogP contribution in [0.2, 0.25) is 0 Å². The molecule has 0 radical (unpaired) electrons. The van der Waals surface area contributed by atoms with Gasteiger partial charge >= 0.3 is 5.97 Å². The molecule has 0 saturated heterocycles. The van der Waals surface area contributed by atoms with Crippen molar-refractivity contribution in [1.82, 2.24) is 0 Å². The van der Waals surface area contributed by atoms with E-state index in [0.717, 1.165) is 12.3 Å². The molecule has 1 aliphatic rings. The fraction of sp³-hybridized carbons (Fsp3) is 0.947. The zero-order chi connectivity index (χ0) is 15.2. The molecule has 0 aliphatic heterocycles. The summed E-state index contributed by atoms with van der Waals surface area (Å²) in [5, 5.41) is 0. The predicted molar refractivity (Wildman–Crippen MR) is 89.4 cm³/mol. The number of hydrogen-bond donors (Lipinski definition) is 0. The van der Waals surface area contributed by atoms with E-state index >= 15 is 0 Å². The Morgan fingerprint density at radius 2 is 1.29 bits per heavy atom. The second kappa shape index (κ2) is 13.2. The van der Waals surface area contributed by atoms with Gasteiger partial charge in [0.2, 0.25) is 0 Å². The van der Waals surface area contributed by atoms with Gasteiger partial charge in [-0.15, -0.1) is 0 Å². The lowest BCUT2D eigenvalue weighted by molar-refractivity contribution is -0.140. The number of ether oxygens (including phenoxy) is 1. The Morgan fingerprint density at radius 3 is 1.81 bits per heavy atom. The summed E-state index contributed by atoms with van der Waals surface area (Å²) in [7, 11) is 1.47. The molecule has 0 aromatic rings. The minimum Gasteiger partial charge on any atom is -0.469 e. The van der Waals surface area contributed by atoms with Crippen molar-refractivity contribution in [2.45, 2.75) is 103 Å². The van der Waals surface area contributed by atoms with Gasteiger partial charge in [-0.1, -0.05) is 89.9 Å². The molecule has 0 aromatic heterocycles. The first kappa shape index (κ1) is 18.5. The molecule has 0 spiro atoms. The number of carbonyl (C=O) groups is 1. The summed E-state index contributed by atoms with van der Waals surface area (Å²) in [5.41, 5.74) is 0. The lowest BCUT2D eigenvalue weighted by atomic mass is 9.99. The summed E-state index contributed by atoms with van der Waals surface area (Å²) >= 11 is 0. The van der Waals surface area contributed by atoms with Crippen LogP contribution in [-0.4, -0.2) is 13.1 Å². The van der Waals surface area contributed by atoms with Crippen LogP contribution in [0, 0.1) is 5.92 Å². The van der Waals surface area contributed by atoms with Gasteiger partial charge in [-0.2, -0.15) is 0 Å². The third kappa shape index (κ3) is 10.8. The number of esters is 1. The zero-order valence-electron chi connectivity index (χ0n) is 14.2. The Morgan fingerprint density at radius 1 is 0.810 bits per heavy atom. The van der Waals surface area contributed by atoms with Crippen molar-refractivity contribution in [3.63, 3.8) is 0 Å². The Hall–Kier alpha value is -0.530. The summed E-state index contributed by atoms with van der Waals surface area (Å²) in [4.78, 5) is 10.9. The van der Waals surface area contributed by atoms with Gasteiger partial charge < -0.3 is 4.74 Å². The van der Waals surface area contributed by atoms with Crippen LogP contribution in [0.1, 0.15) is 103 Å². The molecule has 0 amide bonds. The zero-order valence-corrected chi connectivity index (χ0v) is 14.2. The average Bonchev–Trinajstić information content (AvgIpc) is 3.01. The molecule has 0 bridgehead atoms. The topological polar surface area (TPSA) is 26.3 Å². The lowest BCUT2D eigenvalue weighted by Crippen LogP contribution is -1.99. The predicted octanol–water partition coefficient (Wildman–Crippen LogP) is 6.03.